The highest BCUT2D eigenvalue weighted by molar-refractivity contribution is 5.79. The van der Waals surface area contributed by atoms with Gasteiger partial charge >= 0.3 is 0 Å². The maximum atomic E-state index is 11.1. The average molecular weight is 258 g/mol. The highest BCUT2D eigenvalue weighted by Crippen LogP contribution is 2.08. The van der Waals surface area contributed by atoms with Gasteiger partial charge in [-0.2, -0.15) is 0 Å². The summed E-state index contributed by atoms with van der Waals surface area (Å²) in [6.45, 7) is 7.62. The Bertz CT molecular complexity index is 210. The molecule has 0 heterocycles. The number of nitrogens with two attached hydrogens (primary N) is 1. The van der Waals surface area contributed by atoms with Gasteiger partial charge in [0.25, 0.3) is 0 Å². The van der Waals surface area contributed by atoms with Gasteiger partial charge in [0.1, 0.15) is 0 Å². The number of ether oxygens (including phenoxy) is 1. The minimum atomic E-state index is -0.295. The third-order valence-electron chi connectivity index (χ3n) is 3.07. The van der Waals surface area contributed by atoms with Crippen LogP contribution in [0.3, 0.4) is 0 Å². The van der Waals surface area contributed by atoms with Gasteiger partial charge in [-0.25, -0.2) is 0 Å². The summed E-state index contributed by atoms with van der Waals surface area (Å²) in [6.07, 6.45) is 7.10. The summed E-state index contributed by atoms with van der Waals surface area (Å²) in [6, 6.07) is -0.262. The van der Waals surface area contributed by atoms with Gasteiger partial charge in [0.15, 0.2) is 0 Å². The number of unbranched alkanes of at least 4 members (excludes halogenated alkanes) is 3. The summed E-state index contributed by atoms with van der Waals surface area (Å²) in [4.78, 5) is 11.1. The van der Waals surface area contributed by atoms with Crippen LogP contribution in [0, 0.1) is 0 Å². The summed E-state index contributed by atoms with van der Waals surface area (Å²) in [5.74, 6) is -0.295. The molecule has 0 spiro atoms. The first-order valence-corrected chi connectivity index (χ1v) is 7.26. The van der Waals surface area contributed by atoms with Gasteiger partial charge in [0.2, 0.25) is 5.91 Å². The van der Waals surface area contributed by atoms with Crippen molar-refractivity contribution in [1.82, 2.24) is 5.32 Å². The lowest BCUT2D eigenvalue weighted by molar-refractivity contribution is -0.120. The lowest BCUT2D eigenvalue weighted by Gasteiger charge is -2.17. The first-order valence-electron chi connectivity index (χ1n) is 7.26. The van der Waals surface area contributed by atoms with E-state index in [1.54, 1.807) is 0 Å². The molecule has 0 aromatic rings. The Morgan fingerprint density at radius 2 is 1.94 bits per heavy atom. The zero-order valence-corrected chi connectivity index (χ0v) is 12.2. The molecule has 0 saturated carbocycles. The van der Waals surface area contributed by atoms with Gasteiger partial charge in [-0.15, -0.1) is 0 Å². The third kappa shape index (κ3) is 9.42. The van der Waals surface area contributed by atoms with Crippen molar-refractivity contribution in [2.45, 2.75) is 71.4 Å². The van der Waals surface area contributed by atoms with Gasteiger partial charge in [-0.05, 0) is 26.3 Å². The van der Waals surface area contributed by atoms with Gasteiger partial charge in [-0.1, -0.05) is 39.5 Å². The van der Waals surface area contributed by atoms with E-state index >= 15 is 0 Å². The van der Waals surface area contributed by atoms with Crippen LogP contribution in [0.1, 0.15) is 59.3 Å². The van der Waals surface area contributed by atoms with Crippen molar-refractivity contribution in [3.05, 3.63) is 0 Å². The minimum absolute atomic E-state index is 0.262. The van der Waals surface area contributed by atoms with E-state index in [9.17, 15) is 4.79 Å². The molecule has 4 nitrogen and oxygen atoms in total. The largest absolute Gasteiger partial charge is 0.378 e. The predicted octanol–water partition coefficient (Wildman–Crippen LogP) is 2.22. The fraction of sp³-hybridized carbons (Fsp3) is 0.929. The summed E-state index contributed by atoms with van der Waals surface area (Å²) < 4.78 is 5.70. The van der Waals surface area contributed by atoms with E-state index in [0.717, 1.165) is 13.0 Å². The number of amides is 1. The Labute approximate surface area is 112 Å². The Morgan fingerprint density at radius 1 is 1.22 bits per heavy atom. The molecule has 18 heavy (non-hydrogen) atoms. The molecule has 0 saturated heterocycles. The van der Waals surface area contributed by atoms with Crippen LogP contribution in [0.4, 0.5) is 0 Å². The molecular formula is C14H30N2O2. The lowest BCUT2D eigenvalue weighted by Crippen LogP contribution is -2.42. The van der Waals surface area contributed by atoms with E-state index in [1.165, 1.54) is 25.7 Å². The number of rotatable bonds is 12. The number of carbonyl (C=O) groups excluding carboxylic acids is 1. The summed E-state index contributed by atoms with van der Waals surface area (Å²) in [5.41, 5.74) is 5.30. The fourth-order valence-corrected chi connectivity index (χ4v) is 1.92. The van der Waals surface area contributed by atoms with E-state index < -0.39 is 0 Å². The predicted molar refractivity (Wildman–Crippen MR) is 75.4 cm³/mol. The van der Waals surface area contributed by atoms with E-state index in [4.69, 9.17) is 10.5 Å². The van der Waals surface area contributed by atoms with Crippen LogP contribution in [0.15, 0.2) is 0 Å². The highest BCUT2D eigenvalue weighted by Gasteiger charge is 2.13. The molecule has 0 radical (unpaired) electrons. The summed E-state index contributed by atoms with van der Waals surface area (Å²) in [5, 5.41) is 3.06. The molecule has 0 bridgehead atoms. The maximum absolute atomic E-state index is 11.1. The number of hydrogen-bond acceptors (Lipinski definition) is 3. The Morgan fingerprint density at radius 3 is 2.50 bits per heavy atom. The molecule has 108 valence electrons. The van der Waals surface area contributed by atoms with Crippen LogP contribution in [0.25, 0.3) is 0 Å². The Balaban J connectivity index is 3.58. The van der Waals surface area contributed by atoms with Crippen LogP contribution < -0.4 is 11.1 Å². The molecule has 4 heteroatoms. The zero-order valence-electron chi connectivity index (χ0n) is 12.2. The van der Waals surface area contributed by atoms with Crippen molar-refractivity contribution in [3.8, 4) is 0 Å². The molecule has 0 aliphatic heterocycles. The number of likely N-dealkylation sites (N-methyl/N-ethyl adjacent to an activating group) is 1. The van der Waals surface area contributed by atoms with Gasteiger partial charge in [-0.3, -0.25) is 4.79 Å². The molecule has 3 N–H and O–H groups in total. The second kappa shape index (κ2) is 11.5. The number of primary amides is 1. The van der Waals surface area contributed by atoms with Crippen LogP contribution >= 0.6 is 0 Å². The highest BCUT2D eigenvalue weighted by atomic mass is 16.5. The molecule has 0 aromatic carbocycles. The first-order chi connectivity index (χ1) is 8.61. The molecule has 1 amide bonds. The van der Waals surface area contributed by atoms with Gasteiger partial charge in [0.05, 0.1) is 12.1 Å². The van der Waals surface area contributed by atoms with Crippen LogP contribution in [0.2, 0.25) is 0 Å². The minimum Gasteiger partial charge on any atom is -0.378 e. The topological polar surface area (TPSA) is 64.3 Å². The van der Waals surface area contributed by atoms with E-state index in [0.29, 0.717) is 13.0 Å². The molecule has 0 aliphatic rings. The molecule has 0 fully saturated rings. The maximum Gasteiger partial charge on any atom is 0.234 e. The normalized spacial score (nSPS) is 14.4. The van der Waals surface area contributed by atoms with Crippen molar-refractivity contribution in [1.29, 1.82) is 0 Å². The number of hydrogen-bond donors (Lipinski definition) is 2. The average Bonchev–Trinajstić information content (AvgIpc) is 2.33. The Hall–Kier alpha value is -0.610. The zero-order chi connectivity index (χ0) is 13.8. The molecule has 0 aromatic heterocycles. The van der Waals surface area contributed by atoms with Gasteiger partial charge < -0.3 is 15.8 Å². The van der Waals surface area contributed by atoms with E-state index in [1.807, 2.05) is 6.92 Å². The summed E-state index contributed by atoms with van der Waals surface area (Å²) in [7, 11) is 0. The second-order valence-corrected chi connectivity index (χ2v) is 4.83. The quantitative estimate of drug-likeness (QED) is 0.528. The van der Waals surface area contributed by atoms with E-state index in [-0.39, 0.29) is 18.1 Å². The van der Waals surface area contributed by atoms with Gasteiger partial charge in [0, 0.05) is 6.61 Å². The first kappa shape index (κ1) is 17.4. The fourth-order valence-electron chi connectivity index (χ4n) is 1.92. The Kier molecular flexibility index (Phi) is 11.1. The summed E-state index contributed by atoms with van der Waals surface area (Å²) >= 11 is 0. The molecule has 0 rings (SSSR count). The van der Waals surface area contributed by atoms with Crippen molar-refractivity contribution in [2.24, 2.45) is 5.73 Å². The number of carbonyl (C=O) groups is 1. The van der Waals surface area contributed by atoms with Crippen LogP contribution in [0.5, 0.6) is 0 Å². The van der Waals surface area contributed by atoms with Crippen molar-refractivity contribution >= 4 is 5.91 Å². The second-order valence-electron chi connectivity index (χ2n) is 4.83. The monoisotopic (exact) mass is 258 g/mol. The van der Waals surface area contributed by atoms with Crippen LogP contribution in [-0.4, -0.2) is 31.2 Å². The molecule has 2 atom stereocenters. The third-order valence-corrected chi connectivity index (χ3v) is 3.07. The number of nitrogens with one attached hydrogen (secondary N) is 1. The SMILES string of the molecule is CCCCCCC(C)OCCC(NCC)C(N)=O. The smallest absolute Gasteiger partial charge is 0.234 e. The van der Waals surface area contributed by atoms with Crippen molar-refractivity contribution in [2.75, 3.05) is 13.2 Å². The van der Waals surface area contributed by atoms with Crippen molar-refractivity contribution < 1.29 is 9.53 Å². The van der Waals surface area contributed by atoms with E-state index in [2.05, 4.69) is 19.2 Å². The lowest BCUT2D eigenvalue weighted by atomic mass is 10.1. The standard InChI is InChI=1S/C14H30N2O2/c1-4-6-7-8-9-12(3)18-11-10-13(14(15)17)16-5-2/h12-13,16H,4-11H2,1-3H3,(H2,15,17). The molecule has 0 aliphatic carbocycles. The molecular weight excluding hydrogens is 228 g/mol. The molecule has 2 unspecified atom stereocenters. The van der Waals surface area contributed by atoms with Crippen molar-refractivity contribution in [3.63, 3.8) is 0 Å². The van der Waals surface area contributed by atoms with Crippen LogP contribution in [-0.2, 0) is 9.53 Å².